The van der Waals surface area contributed by atoms with Crippen LogP contribution < -0.4 is 10.1 Å². The number of benzene rings is 2. The Hall–Kier alpha value is -3.63. The third kappa shape index (κ3) is 6.19. The van der Waals surface area contributed by atoms with Gasteiger partial charge in [-0.05, 0) is 75.2 Å². The molecule has 0 spiro atoms. The van der Waals surface area contributed by atoms with Crippen LogP contribution in [-0.2, 0) is 4.74 Å². The Morgan fingerprint density at radius 1 is 1.10 bits per heavy atom. The van der Waals surface area contributed by atoms with Gasteiger partial charge in [0, 0.05) is 31.2 Å². The summed E-state index contributed by atoms with van der Waals surface area (Å²) in [5.41, 5.74) is 4.27. The number of aromatic nitrogens is 2. The zero-order chi connectivity index (χ0) is 21.9. The maximum absolute atomic E-state index is 8.86. The van der Waals surface area contributed by atoms with Gasteiger partial charge in [-0.2, -0.15) is 5.26 Å². The highest BCUT2D eigenvalue weighted by Gasteiger charge is 2.09. The van der Waals surface area contributed by atoms with Crippen molar-refractivity contribution in [2.45, 2.75) is 27.7 Å². The van der Waals surface area contributed by atoms with Crippen molar-refractivity contribution < 1.29 is 9.47 Å². The highest BCUT2D eigenvalue weighted by atomic mass is 16.5. The highest BCUT2D eigenvalue weighted by Crippen LogP contribution is 2.29. The van der Waals surface area contributed by atoms with Gasteiger partial charge in [-0.15, -0.1) is 5.10 Å². The van der Waals surface area contributed by atoms with Crippen LogP contribution in [0, 0.1) is 30.6 Å². The lowest BCUT2D eigenvalue weighted by Crippen LogP contribution is -1.99. The molecule has 30 heavy (non-hydrogen) atoms. The van der Waals surface area contributed by atoms with Gasteiger partial charge in [-0.3, -0.25) is 5.41 Å². The fourth-order valence-electron chi connectivity index (χ4n) is 2.64. The predicted molar refractivity (Wildman–Crippen MR) is 119 cm³/mol. The number of hydrogen-bond donors (Lipinski definition) is 2. The van der Waals surface area contributed by atoms with E-state index in [4.69, 9.17) is 20.1 Å². The van der Waals surface area contributed by atoms with Gasteiger partial charge in [0.2, 0.25) is 5.88 Å². The van der Waals surface area contributed by atoms with E-state index in [1.165, 1.54) is 0 Å². The normalized spacial score (nSPS) is 9.83. The molecule has 2 aromatic carbocycles. The number of nitrogens with one attached hydrogen (secondary N) is 2. The van der Waals surface area contributed by atoms with Crippen molar-refractivity contribution in [1.82, 2.24) is 9.78 Å². The Labute approximate surface area is 177 Å². The largest absolute Gasteiger partial charge is 0.437 e. The molecule has 0 atom stereocenters. The summed E-state index contributed by atoms with van der Waals surface area (Å²) < 4.78 is 12.4. The lowest BCUT2D eigenvalue weighted by atomic mass is 10.1. The van der Waals surface area contributed by atoms with Crippen LogP contribution in [0.2, 0.25) is 0 Å². The Morgan fingerprint density at radius 2 is 1.80 bits per heavy atom. The first-order valence-corrected chi connectivity index (χ1v) is 9.70. The van der Waals surface area contributed by atoms with E-state index in [0.29, 0.717) is 11.4 Å². The molecule has 156 valence electrons. The van der Waals surface area contributed by atoms with Crippen LogP contribution in [0.15, 0.2) is 48.7 Å². The van der Waals surface area contributed by atoms with Crippen LogP contribution in [0.1, 0.15) is 30.5 Å². The minimum Gasteiger partial charge on any atom is -0.437 e. The van der Waals surface area contributed by atoms with Crippen molar-refractivity contribution in [1.29, 1.82) is 10.7 Å². The number of ether oxygens (including phenoxy) is 2. The number of hydrogen-bond acceptors (Lipinski definition) is 5. The summed E-state index contributed by atoms with van der Waals surface area (Å²) in [6.45, 7) is 9.56. The molecular weight excluding hydrogens is 378 g/mol. The zero-order valence-electron chi connectivity index (χ0n) is 17.8. The monoisotopic (exact) mass is 405 g/mol. The van der Waals surface area contributed by atoms with Crippen LogP contribution in [0.5, 0.6) is 11.6 Å². The van der Waals surface area contributed by atoms with E-state index in [0.717, 1.165) is 47.8 Å². The van der Waals surface area contributed by atoms with Crippen molar-refractivity contribution in [2.75, 3.05) is 18.5 Å². The summed E-state index contributed by atoms with van der Waals surface area (Å²) in [6.07, 6.45) is 2.96. The second kappa shape index (κ2) is 11.4. The molecule has 3 aromatic rings. The molecule has 1 heterocycles. The standard InChI is InChI=1S/C19H17N5O.C4H10O/c1-13-10-18(14(2)9-17(13)22-12-21)25-19-7-8-24(23-19)16-5-3-15(11-20)4-6-16;1-3-5-4-2/h3-10,12H,1-2H3,(H2,21,22);3-4H2,1-2H3. The molecule has 2 N–H and O–H groups in total. The summed E-state index contributed by atoms with van der Waals surface area (Å²) in [4.78, 5) is 0. The summed E-state index contributed by atoms with van der Waals surface area (Å²) >= 11 is 0. The molecule has 3 rings (SSSR count). The first-order chi connectivity index (χ1) is 14.5. The number of nitrogens with zero attached hydrogens (tertiary/aromatic N) is 3. The van der Waals surface area contributed by atoms with Gasteiger partial charge in [-0.25, -0.2) is 4.68 Å². The number of aryl methyl sites for hydroxylation is 2. The highest BCUT2D eigenvalue weighted by molar-refractivity contribution is 5.76. The molecule has 0 aliphatic heterocycles. The van der Waals surface area contributed by atoms with Crippen LogP contribution >= 0.6 is 0 Å². The molecule has 0 radical (unpaired) electrons. The van der Waals surface area contributed by atoms with Crippen LogP contribution in [0.4, 0.5) is 5.69 Å². The number of nitriles is 1. The Morgan fingerprint density at radius 3 is 2.37 bits per heavy atom. The van der Waals surface area contributed by atoms with Crippen molar-refractivity contribution in [2.24, 2.45) is 0 Å². The van der Waals surface area contributed by atoms with E-state index < -0.39 is 0 Å². The second-order valence-corrected chi connectivity index (χ2v) is 6.36. The van der Waals surface area contributed by atoms with Crippen molar-refractivity contribution >= 4 is 12.0 Å². The van der Waals surface area contributed by atoms with E-state index in [2.05, 4.69) is 16.5 Å². The van der Waals surface area contributed by atoms with Gasteiger partial charge < -0.3 is 14.8 Å². The van der Waals surface area contributed by atoms with Gasteiger partial charge in [0.1, 0.15) is 5.75 Å². The Bertz CT molecular complexity index is 1000. The van der Waals surface area contributed by atoms with Gasteiger partial charge in [-0.1, -0.05) is 0 Å². The minimum atomic E-state index is 0.486. The summed E-state index contributed by atoms with van der Waals surface area (Å²) in [7, 11) is 0. The molecule has 0 aliphatic rings. The Balaban J connectivity index is 0.000000575. The molecule has 0 saturated carbocycles. The molecule has 0 unspecified atom stereocenters. The topological polar surface area (TPSA) is 95.9 Å². The minimum absolute atomic E-state index is 0.486. The van der Waals surface area contributed by atoms with E-state index in [9.17, 15) is 0 Å². The maximum Gasteiger partial charge on any atom is 0.238 e. The van der Waals surface area contributed by atoms with E-state index in [-0.39, 0.29) is 0 Å². The van der Waals surface area contributed by atoms with Crippen molar-refractivity contribution in [3.05, 3.63) is 65.4 Å². The van der Waals surface area contributed by atoms with Crippen molar-refractivity contribution in [3.8, 4) is 23.4 Å². The summed E-state index contributed by atoms with van der Waals surface area (Å²) in [6, 6.07) is 14.9. The molecule has 0 fully saturated rings. The van der Waals surface area contributed by atoms with E-state index in [1.807, 2.05) is 58.2 Å². The van der Waals surface area contributed by atoms with Gasteiger partial charge in [0.25, 0.3) is 0 Å². The van der Waals surface area contributed by atoms with Gasteiger partial charge in [0.05, 0.1) is 23.7 Å². The first-order valence-electron chi connectivity index (χ1n) is 9.70. The van der Waals surface area contributed by atoms with Crippen LogP contribution in [-0.4, -0.2) is 29.3 Å². The van der Waals surface area contributed by atoms with Crippen LogP contribution in [0.3, 0.4) is 0 Å². The molecular formula is C23H27N5O2. The lowest BCUT2D eigenvalue weighted by molar-refractivity contribution is 0.162. The third-order valence-corrected chi connectivity index (χ3v) is 4.20. The average molecular weight is 406 g/mol. The van der Waals surface area contributed by atoms with Crippen molar-refractivity contribution in [3.63, 3.8) is 0 Å². The van der Waals surface area contributed by atoms with E-state index in [1.54, 1.807) is 22.9 Å². The fourth-order valence-corrected chi connectivity index (χ4v) is 2.64. The maximum atomic E-state index is 8.86. The average Bonchev–Trinajstić information content (AvgIpc) is 3.21. The van der Waals surface area contributed by atoms with Crippen LogP contribution in [0.25, 0.3) is 5.69 Å². The molecule has 7 heteroatoms. The summed E-state index contributed by atoms with van der Waals surface area (Å²) in [5.74, 6) is 1.21. The van der Waals surface area contributed by atoms with E-state index >= 15 is 0 Å². The first kappa shape index (κ1) is 22.7. The van der Waals surface area contributed by atoms with Gasteiger partial charge >= 0.3 is 0 Å². The second-order valence-electron chi connectivity index (χ2n) is 6.36. The zero-order valence-corrected chi connectivity index (χ0v) is 17.8. The molecule has 0 amide bonds. The molecule has 7 nitrogen and oxygen atoms in total. The van der Waals surface area contributed by atoms with Gasteiger partial charge in [0.15, 0.2) is 0 Å². The SMILES string of the molecule is CCOCC.Cc1cc(Oc2ccn(-c3ccc(C#N)cc3)n2)c(C)cc1NC=N. The molecule has 0 bridgehead atoms. The molecule has 0 aliphatic carbocycles. The smallest absolute Gasteiger partial charge is 0.238 e. The predicted octanol–water partition coefficient (Wildman–Crippen LogP) is 5.21. The quantitative estimate of drug-likeness (QED) is 0.415. The lowest BCUT2D eigenvalue weighted by Gasteiger charge is -2.11. The summed E-state index contributed by atoms with van der Waals surface area (Å²) in [5, 5.41) is 23.3. The third-order valence-electron chi connectivity index (χ3n) is 4.20. The molecule has 0 saturated heterocycles. The number of rotatable bonds is 7. The fraction of sp³-hybridized carbons (Fsp3) is 0.261. The number of anilines is 1. The molecule has 1 aromatic heterocycles. The Kier molecular flexibility index (Phi) is 8.60.